The first-order valence-electron chi connectivity index (χ1n) is 5.15. The van der Waals surface area contributed by atoms with Crippen LogP contribution in [0.25, 0.3) is 0 Å². The molecule has 19 heavy (non-hydrogen) atoms. The molecule has 2 rings (SSSR count). The van der Waals surface area contributed by atoms with Crippen LogP contribution < -0.4 is 5.32 Å². The summed E-state index contributed by atoms with van der Waals surface area (Å²) in [5.74, 6) is -3.14. The highest BCUT2D eigenvalue weighted by molar-refractivity contribution is 5.64. The Morgan fingerprint density at radius 1 is 1.26 bits per heavy atom. The lowest BCUT2D eigenvalue weighted by Crippen LogP contribution is -2.39. The molecule has 0 aliphatic heterocycles. The lowest BCUT2D eigenvalue weighted by atomic mass is 10.2. The van der Waals surface area contributed by atoms with Crippen molar-refractivity contribution in [3.63, 3.8) is 0 Å². The van der Waals surface area contributed by atoms with E-state index in [-0.39, 0.29) is 12.8 Å². The highest BCUT2D eigenvalue weighted by Crippen LogP contribution is 2.52. The van der Waals surface area contributed by atoms with Gasteiger partial charge in [0, 0.05) is 6.07 Å². The van der Waals surface area contributed by atoms with Gasteiger partial charge in [0.15, 0.2) is 17.3 Å². The number of benzene rings is 1. The van der Waals surface area contributed by atoms with E-state index in [2.05, 4.69) is 0 Å². The van der Waals surface area contributed by atoms with Gasteiger partial charge in [-0.3, -0.25) is 10.1 Å². The van der Waals surface area contributed by atoms with Crippen molar-refractivity contribution < 1.29 is 26.9 Å². The van der Waals surface area contributed by atoms with E-state index in [1.54, 1.807) is 5.32 Å². The number of halogens is 5. The molecular weight excluding hydrogens is 275 g/mol. The van der Waals surface area contributed by atoms with E-state index in [4.69, 9.17) is 0 Å². The number of nitro groups is 1. The van der Waals surface area contributed by atoms with Crippen molar-refractivity contribution in [2.24, 2.45) is 0 Å². The number of nitrogens with one attached hydrogen (secondary N) is 1. The molecule has 1 aromatic carbocycles. The third-order valence-electron chi connectivity index (χ3n) is 2.93. The van der Waals surface area contributed by atoms with Gasteiger partial charge in [0.2, 0.25) is 0 Å². The van der Waals surface area contributed by atoms with Crippen molar-refractivity contribution in [3.05, 3.63) is 33.9 Å². The third-order valence-corrected chi connectivity index (χ3v) is 2.93. The van der Waals surface area contributed by atoms with Crippen molar-refractivity contribution in [3.8, 4) is 0 Å². The van der Waals surface area contributed by atoms with Gasteiger partial charge in [-0.05, 0) is 18.9 Å². The SMILES string of the molecule is O=[N+]([O-])c1ccc(F)c(F)c1NC1(C(F)(F)F)CC1. The van der Waals surface area contributed by atoms with Gasteiger partial charge in [0.25, 0.3) is 5.69 Å². The molecule has 0 spiro atoms. The smallest absolute Gasteiger partial charge is 0.363 e. The Morgan fingerprint density at radius 2 is 1.84 bits per heavy atom. The van der Waals surface area contributed by atoms with Crippen LogP contribution in [0.4, 0.5) is 33.3 Å². The van der Waals surface area contributed by atoms with E-state index in [9.17, 15) is 32.1 Å². The molecular formula is C10H7F5N2O2. The molecule has 1 saturated carbocycles. The first-order chi connectivity index (χ1) is 8.68. The molecule has 0 radical (unpaired) electrons. The molecule has 0 atom stereocenters. The average molecular weight is 282 g/mol. The Labute approximate surface area is 103 Å². The summed E-state index contributed by atoms with van der Waals surface area (Å²) < 4.78 is 64.5. The van der Waals surface area contributed by atoms with Crippen LogP contribution in [0, 0.1) is 21.7 Å². The minimum atomic E-state index is -4.69. The largest absolute Gasteiger partial charge is 0.411 e. The molecule has 0 heterocycles. The minimum Gasteiger partial charge on any atom is -0.363 e. The van der Waals surface area contributed by atoms with E-state index in [0.29, 0.717) is 12.1 Å². The van der Waals surface area contributed by atoms with Crippen LogP contribution >= 0.6 is 0 Å². The Balaban J connectivity index is 2.45. The number of hydrogen-bond acceptors (Lipinski definition) is 3. The predicted octanol–water partition coefficient (Wildman–Crippen LogP) is 3.38. The van der Waals surface area contributed by atoms with Crippen molar-refractivity contribution in [1.82, 2.24) is 0 Å². The van der Waals surface area contributed by atoms with Crippen LogP contribution in [0.1, 0.15) is 12.8 Å². The molecule has 4 nitrogen and oxygen atoms in total. The lowest BCUT2D eigenvalue weighted by molar-refractivity contribution is -0.384. The zero-order valence-electron chi connectivity index (χ0n) is 9.22. The van der Waals surface area contributed by atoms with Gasteiger partial charge < -0.3 is 5.32 Å². The maximum absolute atomic E-state index is 13.5. The highest BCUT2D eigenvalue weighted by Gasteiger charge is 2.64. The van der Waals surface area contributed by atoms with E-state index >= 15 is 0 Å². The predicted molar refractivity (Wildman–Crippen MR) is 54.7 cm³/mol. The number of nitro benzene ring substituents is 1. The van der Waals surface area contributed by atoms with Gasteiger partial charge in [-0.1, -0.05) is 0 Å². The summed E-state index contributed by atoms with van der Waals surface area (Å²) in [6.07, 6.45) is -5.38. The number of anilines is 1. The Morgan fingerprint density at radius 3 is 2.26 bits per heavy atom. The highest BCUT2D eigenvalue weighted by atomic mass is 19.4. The zero-order valence-corrected chi connectivity index (χ0v) is 9.22. The first kappa shape index (κ1) is 13.5. The summed E-state index contributed by atoms with van der Waals surface area (Å²) in [4.78, 5) is 9.56. The second kappa shape index (κ2) is 4.04. The molecule has 0 unspecified atom stereocenters. The van der Waals surface area contributed by atoms with Gasteiger partial charge >= 0.3 is 6.18 Å². The lowest BCUT2D eigenvalue weighted by Gasteiger charge is -2.22. The second-order valence-corrected chi connectivity index (χ2v) is 4.22. The fourth-order valence-electron chi connectivity index (χ4n) is 1.66. The quantitative estimate of drug-likeness (QED) is 0.525. The fraction of sp³-hybridized carbons (Fsp3) is 0.400. The van der Waals surface area contributed by atoms with E-state index in [1.807, 2.05) is 0 Å². The normalized spacial score (nSPS) is 17.1. The van der Waals surface area contributed by atoms with E-state index < -0.39 is 39.6 Å². The van der Waals surface area contributed by atoms with Crippen LogP contribution in [0.2, 0.25) is 0 Å². The van der Waals surface area contributed by atoms with E-state index in [0.717, 1.165) is 0 Å². The van der Waals surface area contributed by atoms with Crippen LogP contribution in [0.15, 0.2) is 12.1 Å². The van der Waals surface area contributed by atoms with Crippen molar-refractivity contribution in [2.75, 3.05) is 5.32 Å². The molecule has 0 amide bonds. The zero-order chi connectivity index (χ0) is 14.4. The summed E-state index contributed by atoms with van der Waals surface area (Å²) in [6.45, 7) is 0. The molecule has 9 heteroatoms. The maximum atomic E-state index is 13.5. The van der Waals surface area contributed by atoms with Gasteiger partial charge in [-0.25, -0.2) is 8.78 Å². The topological polar surface area (TPSA) is 55.2 Å². The fourth-order valence-corrected chi connectivity index (χ4v) is 1.66. The molecule has 0 saturated heterocycles. The molecule has 1 fully saturated rings. The van der Waals surface area contributed by atoms with Gasteiger partial charge in [-0.15, -0.1) is 0 Å². The standard InChI is InChI=1S/C10H7F5N2O2/c11-5-1-2-6(17(18)19)8(7(5)12)16-9(3-4-9)10(13,14)15/h1-2,16H,3-4H2. The summed E-state index contributed by atoms with van der Waals surface area (Å²) >= 11 is 0. The Kier molecular flexibility index (Phi) is 2.87. The number of rotatable bonds is 3. The first-order valence-corrected chi connectivity index (χ1v) is 5.15. The van der Waals surface area contributed by atoms with Gasteiger partial charge in [0.1, 0.15) is 5.54 Å². The molecule has 0 aromatic heterocycles. The molecule has 1 aliphatic carbocycles. The van der Waals surface area contributed by atoms with Crippen molar-refractivity contribution in [2.45, 2.75) is 24.6 Å². The third kappa shape index (κ3) is 2.20. The van der Waals surface area contributed by atoms with Crippen LogP contribution in [0.5, 0.6) is 0 Å². The van der Waals surface area contributed by atoms with E-state index in [1.165, 1.54) is 0 Å². The van der Waals surface area contributed by atoms with Gasteiger partial charge in [0.05, 0.1) is 4.92 Å². The second-order valence-electron chi connectivity index (χ2n) is 4.22. The molecule has 0 bridgehead atoms. The van der Waals surface area contributed by atoms with Crippen LogP contribution in [-0.2, 0) is 0 Å². The monoisotopic (exact) mass is 282 g/mol. The molecule has 1 N–H and O–H groups in total. The van der Waals surface area contributed by atoms with Crippen molar-refractivity contribution >= 4 is 11.4 Å². The number of alkyl halides is 3. The summed E-state index contributed by atoms with van der Waals surface area (Å²) in [6, 6.07) is 1.11. The maximum Gasteiger partial charge on any atom is 0.411 e. The summed E-state index contributed by atoms with van der Waals surface area (Å²) in [7, 11) is 0. The summed E-state index contributed by atoms with van der Waals surface area (Å²) in [5.41, 5.74) is -4.42. The molecule has 1 aliphatic rings. The Bertz CT molecular complexity index is 539. The molecule has 104 valence electrons. The number of nitrogens with zero attached hydrogens (tertiary/aromatic N) is 1. The average Bonchev–Trinajstić information content (AvgIpc) is 3.05. The molecule has 1 aromatic rings. The van der Waals surface area contributed by atoms with Crippen LogP contribution in [0.3, 0.4) is 0 Å². The summed E-state index contributed by atoms with van der Waals surface area (Å²) in [5, 5.41) is 12.4. The van der Waals surface area contributed by atoms with Crippen LogP contribution in [-0.4, -0.2) is 16.6 Å². The Hall–Kier alpha value is -1.93. The number of hydrogen-bond donors (Lipinski definition) is 1. The van der Waals surface area contributed by atoms with Crippen molar-refractivity contribution in [1.29, 1.82) is 0 Å². The van der Waals surface area contributed by atoms with Gasteiger partial charge in [-0.2, -0.15) is 13.2 Å². The minimum absolute atomic E-state index is 0.344.